The Kier molecular flexibility index (Phi) is 2.71. The Morgan fingerprint density at radius 1 is 1.12 bits per heavy atom. The Morgan fingerprint density at radius 3 is 2.40 bits per heavy atom. The van der Waals surface area contributed by atoms with Crippen LogP contribution >= 0.6 is 0 Å². The van der Waals surface area contributed by atoms with E-state index in [-0.39, 0.29) is 53.2 Å². The summed E-state index contributed by atoms with van der Waals surface area (Å²) in [5.41, 5.74) is 1.53. The van der Waals surface area contributed by atoms with Crippen molar-refractivity contribution in [1.82, 2.24) is 4.90 Å². The molecule has 0 radical (unpaired) electrons. The third kappa shape index (κ3) is 1.69. The van der Waals surface area contributed by atoms with E-state index in [0.29, 0.717) is 0 Å². The van der Waals surface area contributed by atoms with Crippen LogP contribution in [0.3, 0.4) is 0 Å². The van der Waals surface area contributed by atoms with E-state index in [1.165, 1.54) is 17.0 Å². The highest BCUT2D eigenvalue weighted by Crippen LogP contribution is 2.61. The number of fused-ring (bicyclic) bond motifs is 8. The molecule has 0 aromatic heterocycles. The molecule has 5 rings (SSSR count). The molecule has 1 aromatic carbocycles. The zero-order valence-electron chi connectivity index (χ0n) is 13.4. The van der Waals surface area contributed by atoms with Crippen molar-refractivity contribution >= 4 is 23.2 Å². The van der Waals surface area contributed by atoms with E-state index in [0.717, 1.165) is 17.7 Å². The minimum absolute atomic E-state index is 0.0145. The molecule has 2 saturated carbocycles. The largest absolute Gasteiger partial charge is 0.391 e. The van der Waals surface area contributed by atoms with Crippen LogP contribution in [-0.2, 0) is 14.4 Å². The Morgan fingerprint density at radius 2 is 1.76 bits per heavy atom. The lowest BCUT2D eigenvalue weighted by Crippen LogP contribution is -2.41. The van der Waals surface area contributed by atoms with Gasteiger partial charge in [0.1, 0.15) is 6.10 Å². The van der Waals surface area contributed by atoms with Crippen molar-refractivity contribution in [1.29, 1.82) is 0 Å². The fourth-order valence-electron chi connectivity index (χ4n) is 5.27. The summed E-state index contributed by atoms with van der Waals surface area (Å²) in [5, 5.41) is 15.0. The molecule has 1 saturated heterocycles. The molecule has 8 heteroatoms. The van der Waals surface area contributed by atoms with Crippen molar-refractivity contribution < 1.29 is 19.3 Å². The first kappa shape index (κ1) is 14.6. The summed E-state index contributed by atoms with van der Waals surface area (Å²) in [7, 11) is 1.55. The molecule has 4 aliphatic rings. The number of imide groups is 1. The summed E-state index contributed by atoms with van der Waals surface area (Å²) >= 11 is 0. The van der Waals surface area contributed by atoms with Gasteiger partial charge in [-0.1, -0.05) is 5.16 Å². The quantitative estimate of drug-likeness (QED) is 0.457. The zero-order chi connectivity index (χ0) is 17.5. The third-order valence-corrected chi connectivity index (χ3v) is 6.28. The molecule has 2 aliphatic heterocycles. The molecular weight excluding hydrogens is 326 g/mol. The SMILES string of the molecule is CN1C(=O)[C@H]2[C@@H]3C[C@H]([C@H]4C(c5ccc([N+](=O)[O-])cc5)=NO[C@H]34)[C@@H]2C1=O. The molecule has 8 nitrogen and oxygen atoms in total. The monoisotopic (exact) mass is 341 g/mol. The van der Waals surface area contributed by atoms with Crippen LogP contribution < -0.4 is 0 Å². The summed E-state index contributed by atoms with van der Waals surface area (Å²) in [6, 6.07) is 6.22. The lowest BCUT2D eigenvalue weighted by atomic mass is 9.71. The van der Waals surface area contributed by atoms with Crippen LogP contribution in [0.2, 0.25) is 0 Å². The number of benzene rings is 1. The number of amides is 2. The molecule has 0 spiro atoms. The summed E-state index contributed by atoms with van der Waals surface area (Å²) < 4.78 is 0. The Balaban J connectivity index is 1.49. The lowest BCUT2D eigenvalue weighted by molar-refractivity contribution is -0.384. The number of nitro benzene ring substituents is 1. The van der Waals surface area contributed by atoms with Crippen molar-refractivity contribution in [2.45, 2.75) is 12.5 Å². The van der Waals surface area contributed by atoms with Crippen molar-refractivity contribution in [3.63, 3.8) is 0 Å². The standard InChI is InChI=1S/C17H15N3O5/c1-19-16(21)11-9-6-10(12(11)17(19)22)15-13(9)14(18-25-15)7-2-4-8(5-3-7)20(23)24/h2-5,9-13,15H,6H2,1H3/t9-,10-,11-,12-,13-,15+/m0/s1. The fourth-order valence-corrected chi connectivity index (χ4v) is 5.27. The van der Waals surface area contributed by atoms with E-state index >= 15 is 0 Å². The van der Waals surface area contributed by atoms with Gasteiger partial charge < -0.3 is 4.84 Å². The van der Waals surface area contributed by atoms with Crippen LogP contribution in [0.25, 0.3) is 0 Å². The highest BCUT2D eigenvalue weighted by atomic mass is 16.6. The molecule has 2 heterocycles. The molecule has 128 valence electrons. The molecule has 2 aliphatic carbocycles. The molecule has 6 atom stereocenters. The molecule has 25 heavy (non-hydrogen) atoms. The Labute approximate surface area is 142 Å². The van der Waals surface area contributed by atoms with Crippen molar-refractivity contribution in [3.05, 3.63) is 39.9 Å². The minimum atomic E-state index is -0.444. The molecule has 0 unspecified atom stereocenters. The van der Waals surface area contributed by atoms with E-state index in [1.807, 2.05) is 0 Å². The smallest absolute Gasteiger partial charge is 0.269 e. The summed E-state index contributed by atoms with van der Waals surface area (Å²) in [5.74, 6) is -0.748. The van der Waals surface area contributed by atoms with Gasteiger partial charge in [0.25, 0.3) is 5.69 Å². The Bertz CT molecular complexity index is 848. The number of non-ortho nitro benzene ring substituents is 1. The summed E-state index contributed by atoms with van der Waals surface area (Å²) in [4.78, 5) is 42.1. The average molecular weight is 341 g/mol. The average Bonchev–Trinajstić information content (AvgIpc) is 3.33. The second kappa shape index (κ2) is 4.65. The van der Waals surface area contributed by atoms with E-state index < -0.39 is 4.92 Å². The normalized spacial score (nSPS) is 37.8. The lowest BCUT2D eigenvalue weighted by Gasteiger charge is -2.29. The first-order valence-electron chi connectivity index (χ1n) is 8.29. The van der Waals surface area contributed by atoms with Gasteiger partial charge in [-0.3, -0.25) is 24.6 Å². The number of carbonyl (C=O) groups is 2. The maximum Gasteiger partial charge on any atom is 0.269 e. The van der Waals surface area contributed by atoms with E-state index in [2.05, 4.69) is 5.16 Å². The maximum absolute atomic E-state index is 12.5. The summed E-state index contributed by atoms with van der Waals surface area (Å²) in [6.07, 6.45) is 0.613. The number of hydrogen-bond acceptors (Lipinski definition) is 6. The number of oxime groups is 1. The van der Waals surface area contributed by atoms with Crippen LogP contribution in [-0.4, -0.2) is 40.5 Å². The number of nitrogens with zero attached hydrogens (tertiary/aromatic N) is 3. The van der Waals surface area contributed by atoms with Crippen LogP contribution in [0.1, 0.15) is 12.0 Å². The van der Waals surface area contributed by atoms with Gasteiger partial charge in [-0.15, -0.1) is 0 Å². The predicted octanol–water partition coefficient (Wildman–Crippen LogP) is 1.19. The van der Waals surface area contributed by atoms with Gasteiger partial charge in [0.2, 0.25) is 11.8 Å². The van der Waals surface area contributed by atoms with Gasteiger partial charge in [-0.05, 0) is 24.5 Å². The van der Waals surface area contributed by atoms with E-state index in [1.54, 1.807) is 19.2 Å². The van der Waals surface area contributed by atoms with Crippen molar-refractivity contribution in [2.24, 2.45) is 34.7 Å². The zero-order valence-corrected chi connectivity index (χ0v) is 13.4. The van der Waals surface area contributed by atoms with Crippen molar-refractivity contribution in [2.75, 3.05) is 7.05 Å². The predicted molar refractivity (Wildman–Crippen MR) is 84.4 cm³/mol. The first-order valence-corrected chi connectivity index (χ1v) is 8.29. The van der Waals surface area contributed by atoms with Crippen LogP contribution in [0.15, 0.2) is 29.4 Å². The van der Waals surface area contributed by atoms with Crippen LogP contribution in [0.5, 0.6) is 0 Å². The molecule has 3 fully saturated rings. The van der Waals surface area contributed by atoms with Crippen LogP contribution in [0, 0.1) is 39.7 Å². The topological polar surface area (TPSA) is 102 Å². The molecular formula is C17H15N3O5. The number of likely N-dealkylation sites (tertiary alicyclic amines) is 1. The third-order valence-electron chi connectivity index (χ3n) is 6.28. The molecule has 0 N–H and O–H groups in total. The number of hydrogen-bond donors (Lipinski definition) is 0. The molecule has 2 amide bonds. The fraction of sp³-hybridized carbons (Fsp3) is 0.471. The second-order valence-corrected chi connectivity index (χ2v) is 7.23. The first-order chi connectivity index (χ1) is 12.0. The van der Waals surface area contributed by atoms with Crippen molar-refractivity contribution in [3.8, 4) is 0 Å². The second-order valence-electron chi connectivity index (χ2n) is 7.23. The van der Waals surface area contributed by atoms with Gasteiger partial charge in [0.05, 0.1) is 22.5 Å². The summed E-state index contributed by atoms with van der Waals surface area (Å²) in [6.45, 7) is 0. The number of rotatable bonds is 2. The van der Waals surface area contributed by atoms with Gasteiger partial charge in [-0.25, -0.2) is 0 Å². The molecule has 2 bridgehead atoms. The highest BCUT2D eigenvalue weighted by molar-refractivity contribution is 6.08. The van der Waals surface area contributed by atoms with Gasteiger partial charge >= 0.3 is 0 Å². The highest BCUT2D eigenvalue weighted by Gasteiger charge is 2.69. The number of nitro groups is 1. The molecule has 1 aromatic rings. The van der Waals surface area contributed by atoms with Gasteiger partial charge in [0, 0.05) is 36.6 Å². The number of carbonyl (C=O) groups excluding carboxylic acids is 2. The maximum atomic E-state index is 12.5. The van der Waals surface area contributed by atoms with Crippen LogP contribution in [0.4, 0.5) is 5.69 Å². The van der Waals surface area contributed by atoms with Gasteiger partial charge in [0.15, 0.2) is 0 Å². The van der Waals surface area contributed by atoms with E-state index in [4.69, 9.17) is 4.84 Å². The van der Waals surface area contributed by atoms with E-state index in [9.17, 15) is 19.7 Å². The minimum Gasteiger partial charge on any atom is -0.391 e. The Hall–Kier alpha value is -2.77. The van der Waals surface area contributed by atoms with Gasteiger partial charge in [-0.2, -0.15) is 0 Å².